The van der Waals surface area contributed by atoms with Crippen LogP contribution >= 0.6 is 0 Å². The van der Waals surface area contributed by atoms with Crippen LogP contribution in [0.3, 0.4) is 0 Å². The number of benzene rings is 2. The number of alkyl halides is 1. The summed E-state index contributed by atoms with van der Waals surface area (Å²) in [5.41, 5.74) is 6.65. The van der Waals surface area contributed by atoms with Crippen LogP contribution in [0.15, 0.2) is 42.9 Å². The fourth-order valence-electron chi connectivity index (χ4n) is 5.58. The molecular formula is C33H40FN5O4. The first kappa shape index (κ1) is 30.3. The Labute approximate surface area is 251 Å². The number of likely N-dealkylation sites (N-methyl/N-ethyl adjacent to an activating group) is 1. The fraction of sp³-hybridized carbons (Fsp3) is 0.455. The number of rotatable bonds is 8. The summed E-state index contributed by atoms with van der Waals surface area (Å²) in [5, 5.41) is 5.82. The molecule has 2 aromatic carbocycles. The monoisotopic (exact) mass is 589 g/mol. The Kier molecular flexibility index (Phi) is 8.31. The first-order chi connectivity index (χ1) is 20.4. The maximum Gasteiger partial charge on any atom is 0.410 e. The summed E-state index contributed by atoms with van der Waals surface area (Å²) >= 11 is 0. The highest BCUT2D eigenvalue weighted by molar-refractivity contribution is 5.91. The number of aryl methyl sites for hydroxylation is 2. The van der Waals surface area contributed by atoms with E-state index in [1.54, 1.807) is 34.4 Å². The average molecular weight is 590 g/mol. The van der Waals surface area contributed by atoms with Gasteiger partial charge in [0.05, 0.1) is 30.7 Å². The van der Waals surface area contributed by atoms with Gasteiger partial charge in [0.1, 0.15) is 11.8 Å². The van der Waals surface area contributed by atoms with E-state index in [9.17, 15) is 14.0 Å². The van der Waals surface area contributed by atoms with Gasteiger partial charge >= 0.3 is 12.1 Å². The average Bonchev–Trinajstić information content (AvgIpc) is 3.64. The van der Waals surface area contributed by atoms with E-state index in [1.807, 2.05) is 40.8 Å². The van der Waals surface area contributed by atoms with Crippen molar-refractivity contribution in [1.29, 1.82) is 0 Å². The third kappa shape index (κ3) is 6.28. The topological polar surface area (TPSA) is 91.5 Å². The molecule has 10 heteroatoms. The van der Waals surface area contributed by atoms with Crippen molar-refractivity contribution in [3.05, 3.63) is 70.9 Å². The standard InChI is InChI=1S/C33H40FN5O4/c1-8-42-31(40)30(29-27-16-24(34)17-38(27)19-35-29)39-18-26-20(2)15-25(21(3)28(26)36-39)23-11-9-22(10-12-23)13-14-37(7)32(41)43-33(4,5)6/h9-12,15,18-19,24,30H,8,13-14,16-17H2,1-7H3/t24-,30?/m1/s1. The van der Waals surface area contributed by atoms with Gasteiger partial charge in [-0.1, -0.05) is 30.3 Å². The van der Waals surface area contributed by atoms with E-state index in [-0.39, 0.29) is 25.7 Å². The Bertz CT molecular complexity index is 1650. The minimum absolute atomic E-state index is 0.210. The second kappa shape index (κ2) is 11.8. The van der Waals surface area contributed by atoms with Crippen molar-refractivity contribution in [2.45, 2.75) is 78.7 Å². The molecule has 0 saturated carbocycles. The van der Waals surface area contributed by atoms with Gasteiger partial charge in [-0.05, 0) is 75.8 Å². The molecule has 3 heterocycles. The van der Waals surface area contributed by atoms with Gasteiger partial charge < -0.3 is 18.9 Å². The summed E-state index contributed by atoms with van der Waals surface area (Å²) in [6, 6.07) is 9.53. The van der Waals surface area contributed by atoms with Crippen molar-refractivity contribution in [3.63, 3.8) is 0 Å². The molecule has 5 rings (SSSR count). The zero-order valence-corrected chi connectivity index (χ0v) is 26.0. The van der Waals surface area contributed by atoms with Crippen molar-refractivity contribution in [2.24, 2.45) is 0 Å². The lowest BCUT2D eigenvalue weighted by molar-refractivity contribution is -0.146. The summed E-state index contributed by atoms with van der Waals surface area (Å²) in [5.74, 6) is -0.470. The van der Waals surface area contributed by atoms with E-state index in [4.69, 9.17) is 14.6 Å². The van der Waals surface area contributed by atoms with Gasteiger partial charge in [0.15, 0.2) is 6.04 Å². The first-order valence-corrected chi connectivity index (χ1v) is 14.7. The number of carbonyl (C=O) groups is 2. The van der Waals surface area contributed by atoms with E-state index in [2.05, 4.69) is 35.3 Å². The lowest BCUT2D eigenvalue weighted by Crippen LogP contribution is -2.35. The number of amides is 1. The van der Waals surface area contributed by atoms with Crippen LogP contribution in [-0.2, 0) is 33.7 Å². The van der Waals surface area contributed by atoms with Crippen LogP contribution in [0.5, 0.6) is 0 Å². The zero-order valence-electron chi connectivity index (χ0n) is 26.0. The molecule has 0 aliphatic carbocycles. The number of imidazole rings is 1. The van der Waals surface area contributed by atoms with Gasteiger partial charge in [-0.2, -0.15) is 5.10 Å². The van der Waals surface area contributed by atoms with Crippen molar-refractivity contribution in [3.8, 4) is 11.1 Å². The molecule has 0 spiro atoms. The first-order valence-electron chi connectivity index (χ1n) is 14.7. The molecule has 0 radical (unpaired) electrons. The molecule has 0 N–H and O–H groups in total. The Morgan fingerprint density at radius 2 is 1.91 bits per heavy atom. The zero-order chi connectivity index (χ0) is 31.1. The van der Waals surface area contributed by atoms with Crippen LogP contribution in [0, 0.1) is 13.8 Å². The van der Waals surface area contributed by atoms with Crippen LogP contribution in [0.2, 0.25) is 0 Å². The van der Waals surface area contributed by atoms with Gasteiger partial charge in [-0.25, -0.2) is 19.0 Å². The lowest BCUT2D eigenvalue weighted by Gasteiger charge is -2.24. The lowest BCUT2D eigenvalue weighted by atomic mass is 9.95. The van der Waals surface area contributed by atoms with E-state index in [0.717, 1.165) is 38.7 Å². The second-order valence-corrected chi connectivity index (χ2v) is 12.3. The summed E-state index contributed by atoms with van der Waals surface area (Å²) < 4.78 is 28.5. The molecule has 2 aromatic heterocycles. The summed E-state index contributed by atoms with van der Waals surface area (Å²) in [7, 11) is 1.74. The molecule has 0 bridgehead atoms. The Morgan fingerprint density at radius 3 is 2.58 bits per heavy atom. The Hall–Kier alpha value is -4.21. The number of esters is 1. The second-order valence-electron chi connectivity index (χ2n) is 12.3. The molecule has 0 fully saturated rings. The van der Waals surface area contributed by atoms with E-state index in [0.29, 0.717) is 24.4 Å². The van der Waals surface area contributed by atoms with Crippen LogP contribution in [0.4, 0.5) is 9.18 Å². The number of nitrogens with zero attached hydrogens (tertiary/aromatic N) is 5. The van der Waals surface area contributed by atoms with Crippen molar-refractivity contribution in [2.75, 3.05) is 20.2 Å². The minimum atomic E-state index is -0.999. The predicted molar refractivity (Wildman–Crippen MR) is 163 cm³/mol. The van der Waals surface area contributed by atoms with Gasteiger partial charge in [0.2, 0.25) is 0 Å². The molecule has 9 nitrogen and oxygen atoms in total. The third-order valence-electron chi connectivity index (χ3n) is 7.80. The molecule has 2 atom stereocenters. The summed E-state index contributed by atoms with van der Waals surface area (Å²) in [4.78, 5) is 31.6. The highest BCUT2D eigenvalue weighted by Gasteiger charge is 2.35. The fourth-order valence-corrected chi connectivity index (χ4v) is 5.58. The molecule has 4 aromatic rings. The van der Waals surface area contributed by atoms with Gasteiger partial charge in [-0.3, -0.25) is 4.68 Å². The van der Waals surface area contributed by atoms with Crippen molar-refractivity contribution >= 4 is 23.0 Å². The molecule has 0 saturated heterocycles. The number of hydrogen-bond acceptors (Lipinski definition) is 6. The minimum Gasteiger partial charge on any atom is -0.464 e. The highest BCUT2D eigenvalue weighted by atomic mass is 19.1. The quantitative estimate of drug-likeness (QED) is 0.235. The van der Waals surface area contributed by atoms with E-state index in [1.165, 1.54) is 0 Å². The van der Waals surface area contributed by atoms with E-state index >= 15 is 0 Å². The molecule has 1 aliphatic heterocycles. The van der Waals surface area contributed by atoms with Crippen molar-refractivity contribution in [1.82, 2.24) is 24.2 Å². The largest absolute Gasteiger partial charge is 0.464 e. The normalized spacial score (nSPS) is 15.4. The van der Waals surface area contributed by atoms with E-state index < -0.39 is 23.8 Å². The molecular weight excluding hydrogens is 549 g/mol. The summed E-state index contributed by atoms with van der Waals surface area (Å²) in [6.45, 7) is 12.4. The molecule has 43 heavy (non-hydrogen) atoms. The molecule has 1 aliphatic rings. The summed E-state index contributed by atoms with van der Waals surface area (Å²) in [6.07, 6.45) is 3.03. The van der Waals surface area contributed by atoms with Crippen LogP contribution < -0.4 is 0 Å². The third-order valence-corrected chi connectivity index (χ3v) is 7.80. The number of fused-ring (bicyclic) bond motifs is 2. The van der Waals surface area contributed by atoms with Crippen LogP contribution in [0.1, 0.15) is 61.8 Å². The predicted octanol–water partition coefficient (Wildman–Crippen LogP) is 5.97. The molecule has 1 unspecified atom stereocenters. The Morgan fingerprint density at radius 1 is 1.19 bits per heavy atom. The maximum atomic E-state index is 14.2. The van der Waals surface area contributed by atoms with Crippen LogP contribution in [0.25, 0.3) is 22.0 Å². The Balaban J connectivity index is 1.42. The highest BCUT2D eigenvalue weighted by Crippen LogP contribution is 2.34. The number of hydrogen-bond donors (Lipinski definition) is 0. The number of aromatic nitrogens is 4. The van der Waals surface area contributed by atoms with Gasteiger partial charge in [0, 0.05) is 37.3 Å². The molecule has 228 valence electrons. The number of halogens is 1. The smallest absolute Gasteiger partial charge is 0.410 e. The number of carbonyl (C=O) groups excluding carboxylic acids is 2. The maximum absolute atomic E-state index is 14.2. The van der Waals surface area contributed by atoms with Crippen molar-refractivity contribution < 1.29 is 23.5 Å². The number of ether oxygens (including phenoxy) is 2. The molecule has 1 amide bonds. The van der Waals surface area contributed by atoms with Gasteiger partial charge in [-0.15, -0.1) is 0 Å². The van der Waals surface area contributed by atoms with Gasteiger partial charge in [0.25, 0.3) is 0 Å². The van der Waals surface area contributed by atoms with Crippen LogP contribution in [-0.4, -0.2) is 68.3 Å². The SMILES string of the molecule is CCOC(=O)C(c1ncn2c1C[C@@H](F)C2)n1cc2c(C)cc(-c3ccc(CCN(C)C(=O)OC(C)(C)C)cc3)c(C)c2n1.